The van der Waals surface area contributed by atoms with E-state index in [0.29, 0.717) is 24.2 Å². The van der Waals surface area contributed by atoms with Crippen LogP contribution in [0.25, 0.3) is 0 Å². The average molecular weight is 299 g/mol. The summed E-state index contributed by atoms with van der Waals surface area (Å²) in [5, 5.41) is 6.56. The second-order valence-electron chi connectivity index (χ2n) is 5.89. The van der Waals surface area contributed by atoms with Crippen molar-refractivity contribution in [2.45, 2.75) is 32.2 Å². The van der Waals surface area contributed by atoms with Gasteiger partial charge in [-0.3, -0.25) is 9.69 Å². The zero-order chi connectivity index (χ0) is 15.5. The molecule has 1 amide bonds. The van der Waals surface area contributed by atoms with Crippen LogP contribution in [0.2, 0.25) is 0 Å². The van der Waals surface area contributed by atoms with Gasteiger partial charge in [0.05, 0.1) is 6.54 Å². The topological polar surface area (TPSA) is 58.4 Å². The maximum Gasteiger partial charge on any atom is 0.239 e. The van der Waals surface area contributed by atoms with E-state index in [1.165, 1.54) is 11.1 Å². The quantitative estimate of drug-likeness (QED) is 0.943. The highest BCUT2D eigenvalue weighted by molar-refractivity contribution is 5.91. The molecule has 1 aromatic heterocycles. The van der Waals surface area contributed by atoms with Crippen LogP contribution < -0.4 is 5.32 Å². The van der Waals surface area contributed by atoms with Gasteiger partial charge in [-0.15, -0.1) is 0 Å². The van der Waals surface area contributed by atoms with Crippen LogP contribution in [0.1, 0.15) is 35.8 Å². The molecule has 1 heterocycles. The molecule has 1 unspecified atom stereocenters. The number of likely N-dealkylation sites (N-methyl/N-ethyl adjacent to an activating group) is 1. The third-order valence-electron chi connectivity index (χ3n) is 4.16. The third-order valence-corrected chi connectivity index (χ3v) is 4.16. The highest BCUT2D eigenvalue weighted by Crippen LogP contribution is 2.33. The van der Waals surface area contributed by atoms with Crippen molar-refractivity contribution in [3.05, 3.63) is 47.2 Å². The Kier molecular flexibility index (Phi) is 4.24. The smallest absolute Gasteiger partial charge is 0.239 e. The van der Waals surface area contributed by atoms with Gasteiger partial charge in [0.15, 0.2) is 5.82 Å². The Balaban J connectivity index is 1.65. The summed E-state index contributed by atoms with van der Waals surface area (Å²) in [7, 11) is 2.00. The number of anilines is 1. The van der Waals surface area contributed by atoms with Gasteiger partial charge in [0, 0.05) is 12.1 Å². The Hall–Kier alpha value is -2.14. The molecule has 5 heteroatoms. The SMILES string of the molecule is Cc1cc(NC(=O)CN(C)C2CCCc3ccccc32)no1. The summed E-state index contributed by atoms with van der Waals surface area (Å²) in [6, 6.07) is 10.5. The minimum Gasteiger partial charge on any atom is -0.360 e. The first-order valence-corrected chi connectivity index (χ1v) is 7.64. The number of fused-ring (bicyclic) bond motifs is 1. The van der Waals surface area contributed by atoms with Crippen molar-refractivity contribution in [1.29, 1.82) is 0 Å². The van der Waals surface area contributed by atoms with Crippen LogP contribution in [0.3, 0.4) is 0 Å². The number of carbonyl (C=O) groups excluding carboxylic acids is 1. The number of nitrogens with one attached hydrogen (secondary N) is 1. The van der Waals surface area contributed by atoms with Gasteiger partial charge in [-0.25, -0.2) is 0 Å². The zero-order valence-corrected chi connectivity index (χ0v) is 13.0. The molecule has 0 bridgehead atoms. The molecule has 1 aliphatic rings. The summed E-state index contributed by atoms with van der Waals surface area (Å²) in [5.74, 6) is 1.09. The Labute approximate surface area is 130 Å². The van der Waals surface area contributed by atoms with Gasteiger partial charge in [-0.05, 0) is 44.4 Å². The van der Waals surface area contributed by atoms with Gasteiger partial charge in [0.25, 0.3) is 0 Å². The van der Waals surface area contributed by atoms with Crippen LogP contribution in [0.4, 0.5) is 5.82 Å². The van der Waals surface area contributed by atoms with Crippen LogP contribution in [-0.2, 0) is 11.2 Å². The lowest BCUT2D eigenvalue weighted by Crippen LogP contribution is -2.34. The van der Waals surface area contributed by atoms with E-state index in [2.05, 4.69) is 39.6 Å². The molecule has 0 saturated carbocycles. The van der Waals surface area contributed by atoms with E-state index in [1.807, 2.05) is 7.05 Å². The fourth-order valence-electron chi connectivity index (χ4n) is 3.13. The Morgan fingerprint density at radius 3 is 3.05 bits per heavy atom. The van der Waals surface area contributed by atoms with Crippen molar-refractivity contribution in [2.75, 3.05) is 18.9 Å². The number of benzene rings is 1. The molecule has 5 nitrogen and oxygen atoms in total. The average Bonchev–Trinajstić information content (AvgIpc) is 2.91. The van der Waals surface area contributed by atoms with Crippen LogP contribution in [0.15, 0.2) is 34.9 Å². The molecule has 1 aliphatic carbocycles. The van der Waals surface area contributed by atoms with Gasteiger partial charge in [0.2, 0.25) is 5.91 Å². The summed E-state index contributed by atoms with van der Waals surface area (Å²) in [4.78, 5) is 14.3. The molecule has 1 aromatic carbocycles. The van der Waals surface area contributed by atoms with Crippen LogP contribution in [0.5, 0.6) is 0 Å². The summed E-state index contributed by atoms with van der Waals surface area (Å²) in [5.41, 5.74) is 2.75. The maximum atomic E-state index is 12.2. The predicted molar refractivity (Wildman–Crippen MR) is 84.6 cm³/mol. The van der Waals surface area contributed by atoms with Gasteiger partial charge < -0.3 is 9.84 Å². The van der Waals surface area contributed by atoms with Crippen molar-refractivity contribution >= 4 is 11.7 Å². The predicted octanol–water partition coefficient (Wildman–Crippen LogP) is 2.93. The molecule has 1 N–H and O–H groups in total. The van der Waals surface area contributed by atoms with E-state index in [1.54, 1.807) is 13.0 Å². The van der Waals surface area contributed by atoms with E-state index in [-0.39, 0.29) is 5.91 Å². The van der Waals surface area contributed by atoms with Crippen LogP contribution in [0, 0.1) is 6.92 Å². The van der Waals surface area contributed by atoms with E-state index >= 15 is 0 Å². The van der Waals surface area contributed by atoms with Crippen molar-refractivity contribution in [3.8, 4) is 0 Å². The maximum absolute atomic E-state index is 12.2. The lowest BCUT2D eigenvalue weighted by molar-refractivity contribution is -0.117. The molecule has 116 valence electrons. The highest BCUT2D eigenvalue weighted by atomic mass is 16.5. The monoisotopic (exact) mass is 299 g/mol. The molecule has 0 radical (unpaired) electrons. The zero-order valence-electron chi connectivity index (χ0n) is 13.0. The largest absolute Gasteiger partial charge is 0.360 e. The molecule has 2 aromatic rings. The fraction of sp³-hybridized carbons (Fsp3) is 0.412. The molecule has 0 fully saturated rings. The van der Waals surface area contributed by atoms with E-state index < -0.39 is 0 Å². The third kappa shape index (κ3) is 3.20. The number of aryl methyl sites for hydroxylation is 2. The summed E-state index contributed by atoms with van der Waals surface area (Å²) in [6.07, 6.45) is 3.38. The first kappa shape index (κ1) is 14.8. The van der Waals surface area contributed by atoms with Gasteiger partial charge in [0.1, 0.15) is 5.76 Å². The Morgan fingerprint density at radius 2 is 2.27 bits per heavy atom. The number of hydrogen-bond acceptors (Lipinski definition) is 4. The lowest BCUT2D eigenvalue weighted by Gasteiger charge is -2.32. The van der Waals surface area contributed by atoms with Gasteiger partial charge >= 0.3 is 0 Å². The minimum absolute atomic E-state index is 0.0705. The van der Waals surface area contributed by atoms with Gasteiger partial charge in [-0.2, -0.15) is 0 Å². The van der Waals surface area contributed by atoms with Crippen molar-refractivity contribution in [2.24, 2.45) is 0 Å². The number of aromatic nitrogens is 1. The lowest BCUT2D eigenvalue weighted by atomic mass is 9.87. The molecule has 22 heavy (non-hydrogen) atoms. The highest BCUT2D eigenvalue weighted by Gasteiger charge is 2.24. The Morgan fingerprint density at radius 1 is 1.45 bits per heavy atom. The van der Waals surface area contributed by atoms with E-state index in [4.69, 9.17) is 4.52 Å². The molecule has 0 spiro atoms. The normalized spacial score (nSPS) is 17.3. The second kappa shape index (κ2) is 6.32. The van der Waals surface area contributed by atoms with Crippen LogP contribution >= 0.6 is 0 Å². The van der Waals surface area contributed by atoms with Crippen molar-refractivity contribution < 1.29 is 9.32 Å². The fourth-order valence-corrected chi connectivity index (χ4v) is 3.13. The number of nitrogens with zero attached hydrogens (tertiary/aromatic N) is 2. The molecular weight excluding hydrogens is 278 g/mol. The number of carbonyl (C=O) groups is 1. The van der Waals surface area contributed by atoms with Crippen molar-refractivity contribution in [1.82, 2.24) is 10.1 Å². The second-order valence-corrected chi connectivity index (χ2v) is 5.89. The standard InChI is InChI=1S/C17H21N3O2/c1-12-10-16(19-22-12)18-17(21)11-20(2)15-9-5-7-13-6-3-4-8-14(13)15/h3-4,6,8,10,15H,5,7,9,11H2,1-2H3,(H,18,19,21). The van der Waals surface area contributed by atoms with Crippen LogP contribution in [-0.4, -0.2) is 29.6 Å². The summed E-state index contributed by atoms with van der Waals surface area (Å²) >= 11 is 0. The van der Waals surface area contributed by atoms with Gasteiger partial charge in [-0.1, -0.05) is 29.4 Å². The minimum atomic E-state index is -0.0705. The number of hydrogen-bond donors (Lipinski definition) is 1. The first-order valence-electron chi connectivity index (χ1n) is 7.64. The van der Waals surface area contributed by atoms with Crippen molar-refractivity contribution in [3.63, 3.8) is 0 Å². The molecule has 1 atom stereocenters. The number of amides is 1. The molecule has 0 aliphatic heterocycles. The summed E-state index contributed by atoms with van der Waals surface area (Å²) < 4.78 is 4.95. The molecular formula is C17H21N3O2. The summed E-state index contributed by atoms with van der Waals surface area (Å²) in [6.45, 7) is 2.14. The molecule has 3 rings (SSSR count). The Bertz CT molecular complexity index is 665. The van der Waals surface area contributed by atoms with E-state index in [9.17, 15) is 4.79 Å². The van der Waals surface area contributed by atoms with E-state index in [0.717, 1.165) is 19.3 Å². The number of rotatable bonds is 4. The first-order chi connectivity index (χ1) is 10.6. The molecule has 0 saturated heterocycles.